The molecule has 37 heavy (non-hydrogen) atoms. The Labute approximate surface area is 216 Å². The summed E-state index contributed by atoms with van der Waals surface area (Å²) in [6, 6.07) is 0. The van der Waals surface area contributed by atoms with Crippen molar-refractivity contribution in [3.63, 3.8) is 0 Å². The average Bonchev–Trinajstić information content (AvgIpc) is 3.05. The summed E-state index contributed by atoms with van der Waals surface area (Å²) in [5, 5.41) is 0. The number of esters is 4. The maximum Gasteiger partial charge on any atom is 0.335 e. The van der Waals surface area contributed by atoms with E-state index in [4.69, 9.17) is 18.9 Å². The molecule has 2 fully saturated rings. The second kappa shape index (κ2) is 7.03. The fourth-order valence-corrected chi connectivity index (χ4v) is 9.26. The SMILES string of the molecule is COC(=O)C1=C(C(=O)OC)[C@@]23C[C@@]1(C)C1=C(C)C=C(C(C)(C)C)[C@H]4[C@@]12[C@@]4(C)C(C(=O)OC)=C3C(=O)OC. The van der Waals surface area contributed by atoms with Gasteiger partial charge in [0.15, 0.2) is 0 Å². The van der Waals surface area contributed by atoms with Crippen LogP contribution in [-0.2, 0) is 38.1 Å². The predicted molar refractivity (Wildman–Crippen MR) is 132 cm³/mol. The standard InChI is InChI=1S/C29H34O8/c1-13-11-14(25(2,3)4)20-27(6)16(22(31)35-8)18(24(33)37-10)28-12-26(5,19(13)29(20,27)28)15(21(30)34-7)17(28)23(32)36-9/h11,20H,12H2,1-10H3/t20-,26-,27+,28-,29-/m1/s1. The summed E-state index contributed by atoms with van der Waals surface area (Å²) in [6.45, 7) is 12.3. The molecule has 2 bridgehead atoms. The van der Waals surface area contributed by atoms with Crippen LogP contribution in [0.5, 0.6) is 0 Å². The molecule has 5 aliphatic carbocycles. The summed E-state index contributed by atoms with van der Waals surface area (Å²) in [5.74, 6) is -2.93. The molecule has 8 heteroatoms. The molecule has 0 radical (unpaired) electrons. The smallest absolute Gasteiger partial charge is 0.335 e. The van der Waals surface area contributed by atoms with Crippen molar-refractivity contribution in [3.05, 3.63) is 45.1 Å². The van der Waals surface area contributed by atoms with Crippen molar-refractivity contribution < 1.29 is 38.1 Å². The fraction of sp³-hybridized carbons (Fsp3) is 0.586. The molecule has 2 spiro atoms. The Morgan fingerprint density at radius 3 is 1.68 bits per heavy atom. The van der Waals surface area contributed by atoms with Gasteiger partial charge < -0.3 is 18.9 Å². The molecule has 0 amide bonds. The van der Waals surface area contributed by atoms with Crippen molar-refractivity contribution in [2.45, 2.75) is 48.0 Å². The van der Waals surface area contributed by atoms with Gasteiger partial charge in [0.1, 0.15) is 0 Å². The van der Waals surface area contributed by atoms with E-state index in [0.717, 1.165) is 16.7 Å². The Bertz CT molecular complexity index is 1350. The van der Waals surface area contributed by atoms with Crippen LogP contribution >= 0.6 is 0 Å². The van der Waals surface area contributed by atoms with Crippen molar-refractivity contribution in [3.8, 4) is 0 Å². The van der Waals surface area contributed by atoms with Gasteiger partial charge in [0.2, 0.25) is 0 Å². The van der Waals surface area contributed by atoms with E-state index in [-0.39, 0.29) is 40.0 Å². The van der Waals surface area contributed by atoms with Gasteiger partial charge in [-0.2, -0.15) is 0 Å². The molecule has 5 aliphatic rings. The van der Waals surface area contributed by atoms with Crippen LogP contribution in [0, 0.1) is 33.0 Å². The second-order valence-corrected chi connectivity index (χ2v) is 12.2. The maximum absolute atomic E-state index is 13.7. The number of allylic oxidation sites excluding steroid dienone is 4. The molecule has 5 rings (SSSR count). The van der Waals surface area contributed by atoms with E-state index < -0.39 is 45.5 Å². The van der Waals surface area contributed by atoms with E-state index >= 15 is 0 Å². The number of carbonyl (C=O) groups excluding carboxylic acids is 4. The molecule has 0 heterocycles. The molecule has 198 valence electrons. The number of rotatable bonds is 4. The third kappa shape index (κ3) is 2.29. The van der Waals surface area contributed by atoms with Gasteiger partial charge >= 0.3 is 23.9 Å². The zero-order valence-corrected chi connectivity index (χ0v) is 23.1. The highest BCUT2D eigenvalue weighted by atomic mass is 16.5. The van der Waals surface area contributed by atoms with Gasteiger partial charge in [-0.25, -0.2) is 19.2 Å². The van der Waals surface area contributed by atoms with Gasteiger partial charge in [0, 0.05) is 27.6 Å². The molecule has 0 unspecified atom stereocenters. The zero-order valence-electron chi connectivity index (χ0n) is 23.1. The third-order valence-corrected chi connectivity index (χ3v) is 9.91. The summed E-state index contributed by atoms with van der Waals surface area (Å²) in [5.41, 5.74) is -0.584. The fourth-order valence-electron chi connectivity index (χ4n) is 9.26. The van der Waals surface area contributed by atoms with Gasteiger partial charge in [-0.15, -0.1) is 0 Å². The van der Waals surface area contributed by atoms with Crippen LogP contribution < -0.4 is 0 Å². The van der Waals surface area contributed by atoms with Crippen LogP contribution in [0.25, 0.3) is 0 Å². The van der Waals surface area contributed by atoms with E-state index in [0.29, 0.717) is 0 Å². The highest BCUT2D eigenvalue weighted by Gasteiger charge is 2.98. The maximum atomic E-state index is 13.7. The van der Waals surface area contributed by atoms with Crippen LogP contribution in [0.4, 0.5) is 0 Å². The van der Waals surface area contributed by atoms with Crippen LogP contribution in [0.15, 0.2) is 45.1 Å². The van der Waals surface area contributed by atoms with Gasteiger partial charge in [-0.1, -0.05) is 51.8 Å². The first-order valence-corrected chi connectivity index (χ1v) is 12.4. The first-order valence-electron chi connectivity index (χ1n) is 12.4. The number of hydrogen-bond acceptors (Lipinski definition) is 8. The highest BCUT2D eigenvalue weighted by Crippen LogP contribution is 2.99. The minimum absolute atomic E-state index is 0.0871. The number of hydrogen-bond donors (Lipinski definition) is 0. The van der Waals surface area contributed by atoms with Crippen molar-refractivity contribution in [2.75, 3.05) is 28.4 Å². The summed E-state index contributed by atoms with van der Waals surface area (Å²) in [4.78, 5) is 54.2. The average molecular weight is 511 g/mol. The van der Waals surface area contributed by atoms with Crippen LogP contribution in [0.1, 0.15) is 48.0 Å². The molecule has 8 nitrogen and oxygen atoms in total. The highest BCUT2D eigenvalue weighted by molar-refractivity contribution is 6.14. The number of ether oxygens (including phenoxy) is 4. The quantitative estimate of drug-likeness (QED) is 0.417. The molecule has 0 saturated heterocycles. The van der Waals surface area contributed by atoms with Gasteiger partial charge in [0.05, 0.1) is 50.7 Å². The first-order chi connectivity index (χ1) is 17.1. The van der Waals surface area contributed by atoms with E-state index in [1.54, 1.807) is 0 Å². The topological polar surface area (TPSA) is 105 Å². The number of methoxy groups -OCH3 is 4. The van der Waals surface area contributed by atoms with E-state index in [1.807, 2.05) is 20.8 Å². The Kier molecular flexibility index (Phi) is 4.84. The molecule has 0 aromatic rings. The van der Waals surface area contributed by atoms with Crippen molar-refractivity contribution in [2.24, 2.45) is 33.0 Å². The Hall–Kier alpha value is -3.16. The predicted octanol–water partition coefficient (Wildman–Crippen LogP) is 3.62. The molecule has 0 aliphatic heterocycles. The monoisotopic (exact) mass is 510 g/mol. The lowest BCUT2D eigenvalue weighted by Gasteiger charge is -2.44. The van der Waals surface area contributed by atoms with Gasteiger partial charge in [0.25, 0.3) is 0 Å². The first kappa shape index (κ1) is 25.5. The van der Waals surface area contributed by atoms with Crippen molar-refractivity contribution in [1.29, 1.82) is 0 Å². The summed E-state index contributed by atoms with van der Waals surface area (Å²) in [6.07, 6.45) is 2.40. The molecule has 2 saturated carbocycles. The minimum Gasteiger partial charge on any atom is -0.466 e. The molecule has 5 atom stereocenters. The minimum atomic E-state index is -1.32. The van der Waals surface area contributed by atoms with Gasteiger partial charge in [-0.05, 0) is 24.3 Å². The second-order valence-electron chi connectivity index (χ2n) is 12.2. The lowest BCUT2D eigenvalue weighted by molar-refractivity contribution is -0.142. The van der Waals surface area contributed by atoms with Crippen LogP contribution in [0.3, 0.4) is 0 Å². The summed E-state index contributed by atoms with van der Waals surface area (Å²) >= 11 is 0. The molecular weight excluding hydrogens is 476 g/mol. The number of fused-ring (bicyclic) bond motifs is 3. The molecule has 0 N–H and O–H groups in total. The lowest BCUT2D eigenvalue weighted by Crippen LogP contribution is -2.43. The van der Waals surface area contributed by atoms with E-state index in [9.17, 15) is 19.2 Å². The van der Waals surface area contributed by atoms with Gasteiger partial charge in [-0.3, -0.25) is 0 Å². The van der Waals surface area contributed by atoms with Crippen LogP contribution in [0.2, 0.25) is 0 Å². The largest absolute Gasteiger partial charge is 0.466 e. The van der Waals surface area contributed by atoms with Crippen molar-refractivity contribution in [1.82, 2.24) is 0 Å². The Morgan fingerprint density at radius 2 is 1.22 bits per heavy atom. The summed E-state index contributed by atoms with van der Waals surface area (Å²) < 4.78 is 21.0. The third-order valence-electron chi connectivity index (χ3n) is 9.91. The normalized spacial score (nSPS) is 36.7. The Morgan fingerprint density at radius 1 is 0.784 bits per heavy atom. The molecular formula is C29H34O8. The van der Waals surface area contributed by atoms with E-state index in [1.165, 1.54) is 28.4 Å². The molecule has 0 aromatic carbocycles. The van der Waals surface area contributed by atoms with E-state index in [2.05, 4.69) is 26.8 Å². The zero-order chi connectivity index (χ0) is 27.7. The lowest BCUT2D eigenvalue weighted by atomic mass is 9.58. The number of carbonyl (C=O) groups is 4. The molecule has 0 aromatic heterocycles. The van der Waals surface area contributed by atoms with Crippen molar-refractivity contribution >= 4 is 23.9 Å². The Balaban J connectivity index is 2.05. The van der Waals surface area contributed by atoms with Crippen LogP contribution in [-0.4, -0.2) is 52.3 Å². The summed E-state index contributed by atoms with van der Waals surface area (Å²) in [7, 11) is 5.04.